The lowest BCUT2D eigenvalue weighted by molar-refractivity contribution is -0.138. The number of halogens is 2. The zero-order valence-corrected chi connectivity index (χ0v) is 11.3. The van der Waals surface area contributed by atoms with Crippen LogP contribution in [0.2, 0.25) is 10.0 Å². The summed E-state index contributed by atoms with van der Waals surface area (Å²) >= 11 is 11.8. The molecule has 94 valence electrons. The van der Waals surface area contributed by atoms with Gasteiger partial charge in [-0.15, -0.1) is 0 Å². The largest absolute Gasteiger partial charge is 0.480 e. The maximum atomic E-state index is 11.2. The molecule has 1 rings (SSSR count). The van der Waals surface area contributed by atoms with Crippen molar-refractivity contribution in [3.8, 4) is 0 Å². The minimum absolute atomic E-state index is 0.506. The Hall–Kier alpha value is -0.930. The molecule has 0 amide bonds. The molecule has 0 spiro atoms. The van der Waals surface area contributed by atoms with E-state index in [1.54, 1.807) is 23.1 Å². The number of likely N-dealkylation sites (N-methyl/N-ethyl adjacent to an activating group) is 1. The predicted octanol–water partition coefficient (Wildman–Crippen LogP) is 3.68. The van der Waals surface area contributed by atoms with Crippen molar-refractivity contribution in [2.24, 2.45) is 0 Å². The highest BCUT2D eigenvalue weighted by Crippen LogP contribution is 2.27. The Morgan fingerprint density at radius 2 is 1.82 bits per heavy atom. The van der Waals surface area contributed by atoms with E-state index in [-0.39, 0.29) is 0 Å². The van der Waals surface area contributed by atoms with Crippen LogP contribution in [0.3, 0.4) is 0 Å². The normalized spacial score (nSPS) is 12.2. The maximum Gasteiger partial charge on any atom is 0.326 e. The standard InChI is InChI=1S/C12H15Cl2NO2/c1-3-11(12(16)17)15(4-2)10-6-8(13)5-9(14)7-10/h5-7,11H,3-4H2,1-2H3,(H,16,17)/t11-/m0/s1. The first-order valence-corrected chi connectivity index (χ1v) is 6.20. The minimum atomic E-state index is -0.842. The molecule has 0 aromatic heterocycles. The number of nitrogens with zero attached hydrogens (tertiary/aromatic N) is 1. The number of carboxylic acids is 1. The molecule has 0 bridgehead atoms. The summed E-state index contributed by atoms with van der Waals surface area (Å²) in [6.45, 7) is 4.33. The molecular weight excluding hydrogens is 261 g/mol. The maximum absolute atomic E-state index is 11.2. The predicted molar refractivity (Wildman–Crippen MR) is 71.2 cm³/mol. The van der Waals surface area contributed by atoms with E-state index in [2.05, 4.69) is 0 Å². The number of carboxylic acid groups (broad SMARTS) is 1. The lowest BCUT2D eigenvalue weighted by atomic mass is 10.1. The highest BCUT2D eigenvalue weighted by Gasteiger charge is 2.23. The van der Waals surface area contributed by atoms with Crippen molar-refractivity contribution in [1.82, 2.24) is 0 Å². The van der Waals surface area contributed by atoms with Crippen molar-refractivity contribution < 1.29 is 9.90 Å². The molecule has 17 heavy (non-hydrogen) atoms. The average Bonchev–Trinajstić information content (AvgIpc) is 2.23. The van der Waals surface area contributed by atoms with Crippen LogP contribution >= 0.6 is 23.2 Å². The van der Waals surface area contributed by atoms with Crippen LogP contribution in [0, 0.1) is 0 Å². The fourth-order valence-corrected chi connectivity index (χ4v) is 2.33. The summed E-state index contributed by atoms with van der Waals surface area (Å²) in [6.07, 6.45) is 0.521. The van der Waals surface area contributed by atoms with E-state index < -0.39 is 12.0 Å². The molecule has 3 nitrogen and oxygen atoms in total. The van der Waals surface area contributed by atoms with Crippen molar-refractivity contribution in [3.63, 3.8) is 0 Å². The summed E-state index contributed by atoms with van der Waals surface area (Å²) in [7, 11) is 0. The molecule has 0 saturated carbocycles. The summed E-state index contributed by atoms with van der Waals surface area (Å²) in [5, 5.41) is 10.2. The lowest BCUT2D eigenvalue weighted by Crippen LogP contribution is -2.40. The van der Waals surface area contributed by atoms with Crippen LogP contribution in [-0.2, 0) is 4.79 Å². The molecule has 1 aromatic carbocycles. The van der Waals surface area contributed by atoms with Crippen molar-refractivity contribution in [3.05, 3.63) is 28.2 Å². The van der Waals surface area contributed by atoms with Crippen LogP contribution < -0.4 is 4.90 Å². The Balaban J connectivity index is 3.11. The second-order valence-electron chi connectivity index (χ2n) is 3.68. The van der Waals surface area contributed by atoms with Gasteiger partial charge in [-0.05, 0) is 31.5 Å². The number of hydrogen-bond acceptors (Lipinski definition) is 2. The van der Waals surface area contributed by atoms with E-state index in [0.29, 0.717) is 23.0 Å². The smallest absolute Gasteiger partial charge is 0.326 e. The highest BCUT2D eigenvalue weighted by molar-refractivity contribution is 6.35. The number of hydrogen-bond donors (Lipinski definition) is 1. The van der Waals surface area contributed by atoms with E-state index in [0.717, 1.165) is 5.69 Å². The summed E-state index contributed by atoms with van der Waals surface area (Å²) in [4.78, 5) is 12.9. The van der Waals surface area contributed by atoms with Gasteiger partial charge in [0.05, 0.1) is 0 Å². The second kappa shape index (κ2) is 6.12. The minimum Gasteiger partial charge on any atom is -0.480 e. The molecule has 0 radical (unpaired) electrons. The highest BCUT2D eigenvalue weighted by atomic mass is 35.5. The molecule has 1 atom stereocenters. The van der Waals surface area contributed by atoms with Gasteiger partial charge in [0, 0.05) is 22.3 Å². The molecule has 0 fully saturated rings. The van der Waals surface area contributed by atoms with Crippen molar-refractivity contribution in [2.45, 2.75) is 26.3 Å². The van der Waals surface area contributed by atoms with Crippen molar-refractivity contribution >= 4 is 34.9 Å². The zero-order chi connectivity index (χ0) is 13.0. The third kappa shape index (κ3) is 3.51. The molecule has 0 aliphatic heterocycles. The van der Waals surface area contributed by atoms with Gasteiger partial charge in [-0.25, -0.2) is 4.79 Å². The molecular formula is C12H15Cl2NO2. The van der Waals surface area contributed by atoms with Crippen LogP contribution in [0.15, 0.2) is 18.2 Å². The van der Waals surface area contributed by atoms with E-state index >= 15 is 0 Å². The first kappa shape index (κ1) is 14.1. The van der Waals surface area contributed by atoms with Gasteiger partial charge in [-0.3, -0.25) is 0 Å². The van der Waals surface area contributed by atoms with Gasteiger partial charge in [0.25, 0.3) is 0 Å². The van der Waals surface area contributed by atoms with E-state index in [1.807, 2.05) is 13.8 Å². The Kier molecular flexibility index (Phi) is 5.09. The number of benzene rings is 1. The molecule has 1 N–H and O–H groups in total. The SMILES string of the molecule is CC[C@@H](C(=O)O)N(CC)c1cc(Cl)cc(Cl)c1. The number of anilines is 1. The Morgan fingerprint density at radius 3 is 2.18 bits per heavy atom. The first-order chi connectivity index (χ1) is 7.99. The number of rotatable bonds is 5. The van der Waals surface area contributed by atoms with Gasteiger partial charge in [0.2, 0.25) is 0 Å². The first-order valence-electron chi connectivity index (χ1n) is 5.45. The van der Waals surface area contributed by atoms with Gasteiger partial charge < -0.3 is 10.0 Å². The van der Waals surface area contributed by atoms with Crippen LogP contribution in [-0.4, -0.2) is 23.7 Å². The van der Waals surface area contributed by atoms with Crippen LogP contribution in [0.25, 0.3) is 0 Å². The van der Waals surface area contributed by atoms with Crippen LogP contribution in [0.5, 0.6) is 0 Å². The molecule has 0 aliphatic rings. The topological polar surface area (TPSA) is 40.5 Å². The Morgan fingerprint density at radius 1 is 1.29 bits per heavy atom. The summed E-state index contributed by atoms with van der Waals surface area (Å²) in [5.41, 5.74) is 0.735. The van der Waals surface area contributed by atoms with Gasteiger partial charge in [-0.1, -0.05) is 30.1 Å². The van der Waals surface area contributed by atoms with Gasteiger partial charge in [0.15, 0.2) is 0 Å². The monoisotopic (exact) mass is 275 g/mol. The average molecular weight is 276 g/mol. The van der Waals surface area contributed by atoms with Crippen LogP contribution in [0.1, 0.15) is 20.3 Å². The lowest BCUT2D eigenvalue weighted by Gasteiger charge is -2.29. The fourth-order valence-electron chi connectivity index (χ4n) is 1.82. The van der Waals surface area contributed by atoms with Crippen molar-refractivity contribution in [2.75, 3.05) is 11.4 Å². The van der Waals surface area contributed by atoms with Gasteiger partial charge in [0.1, 0.15) is 6.04 Å². The zero-order valence-electron chi connectivity index (χ0n) is 9.78. The summed E-state index contributed by atoms with van der Waals surface area (Å²) in [6, 6.07) is 4.52. The second-order valence-corrected chi connectivity index (χ2v) is 4.55. The Bertz CT molecular complexity index is 389. The molecule has 5 heteroatoms. The number of carbonyl (C=O) groups is 1. The third-order valence-corrected chi connectivity index (χ3v) is 3.00. The van der Waals surface area contributed by atoms with E-state index in [1.165, 1.54) is 0 Å². The molecule has 0 saturated heterocycles. The van der Waals surface area contributed by atoms with E-state index in [4.69, 9.17) is 28.3 Å². The van der Waals surface area contributed by atoms with Gasteiger partial charge in [-0.2, -0.15) is 0 Å². The third-order valence-electron chi connectivity index (χ3n) is 2.57. The quantitative estimate of drug-likeness (QED) is 0.891. The van der Waals surface area contributed by atoms with E-state index in [9.17, 15) is 4.79 Å². The molecule has 0 aliphatic carbocycles. The van der Waals surface area contributed by atoms with Crippen LogP contribution in [0.4, 0.5) is 5.69 Å². The summed E-state index contributed by atoms with van der Waals surface area (Å²) < 4.78 is 0. The molecule has 1 aromatic rings. The molecule has 0 heterocycles. The fraction of sp³-hybridized carbons (Fsp3) is 0.417. The summed E-state index contributed by atoms with van der Waals surface area (Å²) in [5.74, 6) is -0.842. The Labute approximate surface area is 111 Å². The van der Waals surface area contributed by atoms with Gasteiger partial charge >= 0.3 is 5.97 Å². The van der Waals surface area contributed by atoms with Crippen molar-refractivity contribution in [1.29, 1.82) is 0 Å². The number of aliphatic carboxylic acids is 1. The molecule has 0 unspecified atom stereocenters.